The molecule has 1 aliphatic rings. The molecule has 0 aliphatic heterocycles. The lowest BCUT2D eigenvalue weighted by molar-refractivity contribution is 0.326. The second kappa shape index (κ2) is 6.00. The van der Waals surface area contributed by atoms with Crippen LogP contribution in [0.5, 0.6) is 0 Å². The van der Waals surface area contributed by atoms with Crippen LogP contribution in [-0.2, 0) is 6.42 Å². The van der Waals surface area contributed by atoms with Gasteiger partial charge in [-0.15, -0.1) is 5.10 Å². The second-order valence-electron chi connectivity index (χ2n) is 4.81. The number of anilines is 1. The molecule has 0 unspecified atom stereocenters. The summed E-state index contributed by atoms with van der Waals surface area (Å²) in [7, 11) is 0. The molecule has 2 rings (SSSR count). The average Bonchev–Trinajstić information content (AvgIpc) is 2.78. The molecule has 0 spiro atoms. The topological polar surface area (TPSA) is 77.0 Å². The van der Waals surface area contributed by atoms with Crippen LogP contribution in [0.4, 0.5) is 6.01 Å². The molecular formula is C12H22N4O. The summed E-state index contributed by atoms with van der Waals surface area (Å²) in [4.78, 5) is 0. The van der Waals surface area contributed by atoms with Gasteiger partial charge < -0.3 is 15.5 Å². The Hall–Kier alpha value is -1.10. The normalized spacial score (nSPS) is 24.8. The molecule has 1 aromatic heterocycles. The Bertz CT molecular complexity index is 331. The van der Waals surface area contributed by atoms with Gasteiger partial charge in [0.05, 0.1) is 0 Å². The average molecular weight is 238 g/mol. The summed E-state index contributed by atoms with van der Waals surface area (Å²) in [6.07, 6.45) is 6.96. The zero-order chi connectivity index (χ0) is 12.1. The first-order valence-corrected chi connectivity index (χ1v) is 6.60. The molecule has 0 aromatic carbocycles. The van der Waals surface area contributed by atoms with Crippen molar-refractivity contribution in [1.29, 1.82) is 0 Å². The second-order valence-corrected chi connectivity index (χ2v) is 4.81. The molecule has 96 valence electrons. The Morgan fingerprint density at radius 1 is 1.29 bits per heavy atom. The lowest BCUT2D eigenvalue weighted by atomic mass is 9.85. The van der Waals surface area contributed by atoms with Gasteiger partial charge in [0.2, 0.25) is 5.89 Å². The predicted molar refractivity (Wildman–Crippen MR) is 66.7 cm³/mol. The highest BCUT2D eigenvalue weighted by Gasteiger charge is 2.21. The van der Waals surface area contributed by atoms with Gasteiger partial charge in [-0.2, -0.15) is 0 Å². The highest BCUT2D eigenvalue weighted by Crippen LogP contribution is 2.28. The van der Waals surface area contributed by atoms with E-state index in [-0.39, 0.29) is 0 Å². The van der Waals surface area contributed by atoms with E-state index in [9.17, 15) is 0 Å². The lowest BCUT2D eigenvalue weighted by Crippen LogP contribution is -2.26. The molecular weight excluding hydrogens is 216 g/mol. The van der Waals surface area contributed by atoms with Gasteiger partial charge in [-0.1, -0.05) is 18.4 Å². The van der Waals surface area contributed by atoms with Crippen LogP contribution in [-0.4, -0.2) is 22.8 Å². The SMILES string of the molecule is CCC1CCC(Nc2nnc(CCN)o2)CC1. The van der Waals surface area contributed by atoms with Crippen LogP contribution in [0.3, 0.4) is 0 Å². The van der Waals surface area contributed by atoms with Gasteiger partial charge in [0.25, 0.3) is 0 Å². The molecule has 0 saturated heterocycles. The van der Waals surface area contributed by atoms with Crippen molar-refractivity contribution < 1.29 is 4.42 Å². The molecule has 5 heteroatoms. The molecule has 1 aromatic rings. The van der Waals surface area contributed by atoms with Crippen molar-refractivity contribution in [2.45, 2.75) is 51.5 Å². The van der Waals surface area contributed by atoms with Crippen molar-refractivity contribution in [3.63, 3.8) is 0 Å². The lowest BCUT2D eigenvalue weighted by Gasteiger charge is -2.27. The van der Waals surface area contributed by atoms with Crippen LogP contribution in [0.2, 0.25) is 0 Å². The van der Waals surface area contributed by atoms with E-state index < -0.39 is 0 Å². The summed E-state index contributed by atoms with van der Waals surface area (Å²) in [5, 5.41) is 11.3. The Morgan fingerprint density at radius 3 is 2.71 bits per heavy atom. The fourth-order valence-corrected chi connectivity index (χ4v) is 2.43. The van der Waals surface area contributed by atoms with E-state index in [0.29, 0.717) is 30.9 Å². The quantitative estimate of drug-likeness (QED) is 0.820. The van der Waals surface area contributed by atoms with Crippen molar-refractivity contribution >= 4 is 6.01 Å². The van der Waals surface area contributed by atoms with Crippen LogP contribution in [0.1, 0.15) is 44.9 Å². The van der Waals surface area contributed by atoms with Gasteiger partial charge in [0.1, 0.15) is 0 Å². The maximum atomic E-state index is 5.47. The number of aromatic nitrogens is 2. The van der Waals surface area contributed by atoms with Crippen LogP contribution in [0, 0.1) is 5.92 Å². The van der Waals surface area contributed by atoms with E-state index >= 15 is 0 Å². The van der Waals surface area contributed by atoms with E-state index in [1.54, 1.807) is 0 Å². The fraction of sp³-hybridized carbons (Fsp3) is 0.833. The molecule has 1 aliphatic carbocycles. The number of nitrogens with two attached hydrogens (primary N) is 1. The highest BCUT2D eigenvalue weighted by molar-refractivity contribution is 5.19. The number of nitrogens with one attached hydrogen (secondary N) is 1. The summed E-state index contributed by atoms with van der Waals surface area (Å²) in [5.41, 5.74) is 5.44. The summed E-state index contributed by atoms with van der Waals surface area (Å²) >= 11 is 0. The summed E-state index contributed by atoms with van der Waals surface area (Å²) in [6, 6.07) is 1.04. The van der Waals surface area contributed by atoms with Gasteiger partial charge in [0, 0.05) is 19.0 Å². The fourth-order valence-electron chi connectivity index (χ4n) is 2.43. The van der Waals surface area contributed by atoms with Crippen LogP contribution in [0.15, 0.2) is 4.42 Å². The smallest absolute Gasteiger partial charge is 0.315 e. The molecule has 0 atom stereocenters. The zero-order valence-corrected chi connectivity index (χ0v) is 10.5. The molecule has 0 radical (unpaired) electrons. The molecule has 1 saturated carbocycles. The van der Waals surface area contributed by atoms with E-state index in [1.165, 1.54) is 32.1 Å². The van der Waals surface area contributed by atoms with E-state index in [0.717, 1.165) is 5.92 Å². The molecule has 5 nitrogen and oxygen atoms in total. The molecule has 1 fully saturated rings. The zero-order valence-electron chi connectivity index (χ0n) is 10.5. The van der Waals surface area contributed by atoms with Crippen molar-refractivity contribution in [2.75, 3.05) is 11.9 Å². The molecule has 3 N–H and O–H groups in total. The first-order valence-electron chi connectivity index (χ1n) is 6.60. The summed E-state index contributed by atoms with van der Waals surface area (Å²) in [6.45, 7) is 2.82. The van der Waals surface area contributed by atoms with Gasteiger partial charge in [-0.25, -0.2) is 0 Å². The van der Waals surface area contributed by atoms with Crippen molar-refractivity contribution in [1.82, 2.24) is 10.2 Å². The standard InChI is InChI=1S/C12H22N4O/c1-2-9-3-5-10(6-4-9)14-12-16-15-11(17-12)7-8-13/h9-10H,2-8,13H2,1H3,(H,14,16). The number of hydrogen-bond donors (Lipinski definition) is 2. The maximum Gasteiger partial charge on any atom is 0.315 e. The maximum absolute atomic E-state index is 5.47. The Labute approximate surface area is 102 Å². The van der Waals surface area contributed by atoms with Crippen LogP contribution >= 0.6 is 0 Å². The monoisotopic (exact) mass is 238 g/mol. The van der Waals surface area contributed by atoms with Crippen LogP contribution in [0.25, 0.3) is 0 Å². The Balaban J connectivity index is 1.80. The first kappa shape index (κ1) is 12.4. The third-order valence-electron chi connectivity index (χ3n) is 3.58. The number of nitrogens with zero attached hydrogens (tertiary/aromatic N) is 2. The third-order valence-corrected chi connectivity index (χ3v) is 3.58. The van der Waals surface area contributed by atoms with E-state index in [4.69, 9.17) is 10.2 Å². The van der Waals surface area contributed by atoms with Crippen molar-refractivity contribution in [3.8, 4) is 0 Å². The molecule has 17 heavy (non-hydrogen) atoms. The minimum atomic E-state index is 0.490. The van der Waals surface area contributed by atoms with Gasteiger partial charge in [-0.05, 0) is 31.6 Å². The van der Waals surface area contributed by atoms with Crippen LogP contribution < -0.4 is 11.1 Å². The Morgan fingerprint density at radius 2 is 2.06 bits per heavy atom. The van der Waals surface area contributed by atoms with E-state index in [2.05, 4.69) is 22.4 Å². The van der Waals surface area contributed by atoms with Gasteiger partial charge >= 0.3 is 6.01 Å². The predicted octanol–water partition coefficient (Wildman–Crippen LogP) is 1.95. The number of hydrogen-bond acceptors (Lipinski definition) is 5. The van der Waals surface area contributed by atoms with Crippen molar-refractivity contribution in [3.05, 3.63) is 5.89 Å². The minimum Gasteiger partial charge on any atom is -0.408 e. The highest BCUT2D eigenvalue weighted by atomic mass is 16.4. The first-order chi connectivity index (χ1) is 8.31. The minimum absolute atomic E-state index is 0.490. The van der Waals surface area contributed by atoms with E-state index in [1.807, 2.05) is 0 Å². The number of rotatable bonds is 5. The van der Waals surface area contributed by atoms with Crippen molar-refractivity contribution in [2.24, 2.45) is 11.7 Å². The molecule has 0 bridgehead atoms. The molecule has 0 amide bonds. The van der Waals surface area contributed by atoms with Gasteiger partial charge in [0.15, 0.2) is 0 Å². The summed E-state index contributed by atoms with van der Waals surface area (Å²) in [5.74, 6) is 1.53. The Kier molecular flexibility index (Phi) is 4.36. The molecule has 1 heterocycles. The summed E-state index contributed by atoms with van der Waals surface area (Å²) < 4.78 is 5.47. The third kappa shape index (κ3) is 3.43. The van der Waals surface area contributed by atoms with Gasteiger partial charge in [-0.3, -0.25) is 0 Å². The largest absolute Gasteiger partial charge is 0.408 e.